The number of hydrogen-bond acceptors (Lipinski definition) is 5. The Labute approximate surface area is 158 Å². The fraction of sp³-hybridized carbons (Fsp3) is 0.286. The number of halogens is 1. The SMILES string of the molecule is CC1CCNCC1c1nc(Nc2cccc(F)c2)cc(-c2cccnc2)n1. The minimum absolute atomic E-state index is 0.239. The van der Waals surface area contributed by atoms with Gasteiger partial charge in [0.05, 0.1) is 5.69 Å². The van der Waals surface area contributed by atoms with Gasteiger partial charge in [-0.25, -0.2) is 14.4 Å². The van der Waals surface area contributed by atoms with Gasteiger partial charge in [0.15, 0.2) is 0 Å². The average Bonchev–Trinajstić information content (AvgIpc) is 2.69. The average molecular weight is 363 g/mol. The highest BCUT2D eigenvalue weighted by Crippen LogP contribution is 2.30. The lowest BCUT2D eigenvalue weighted by molar-refractivity contribution is 0.337. The van der Waals surface area contributed by atoms with Gasteiger partial charge in [0.1, 0.15) is 17.5 Å². The quantitative estimate of drug-likeness (QED) is 0.730. The highest BCUT2D eigenvalue weighted by Gasteiger charge is 2.26. The normalized spacial score (nSPS) is 19.6. The Morgan fingerprint density at radius 1 is 1.15 bits per heavy atom. The second-order valence-corrected chi connectivity index (χ2v) is 6.95. The number of rotatable bonds is 4. The number of nitrogens with zero attached hydrogens (tertiary/aromatic N) is 3. The maximum atomic E-state index is 13.5. The second-order valence-electron chi connectivity index (χ2n) is 6.95. The van der Waals surface area contributed by atoms with E-state index in [0.717, 1.165) is 36.6 Å². The van der Waals surface area contributed by atoms with Crippen LogP contribution in [0.15, 0.2) is 54.9 Å². The minimum Gasteiger partial charge on any atom is -0.340 e. The number of pyridine rings is 1. The number of piperidine rings is 1. The smallest absolute Gasteiger partial charge is 0.136 e. The molecule has 1 aromatic carbocycles. The molecule has 0 radical (unpaired) electrons. The van der Waals surface area contributed by atoms with Crippen LogP contribution >= 0.6 is 0 Å². The minimum atomic E-state index is -0.285. The van der Waals surface area contributed by atoms with Crippen molar-refractivity contribution in [1.82, 2.24) is 20.3 Å². The molecule has 27 heavy (non-hydrogen) atoms. The van der Waals surface area contributed by atoms with Crippen molar-refractivity contribution in [3.8, 4) is 11.3 Å². The van der Waals surface area contributed by atoms with Crippen LogP contribution in [0.3, 0.4) is 0 Å². The zero-order valence-electron chi connectivity index (χ0n) is 15.2. The molecular weight excluding hydrogens is 341 g/mol. The third kappa shape index (κ3) is 4.11. The van der Waals surface area contributed by atoms with Crippen LogP contribution in [-0.2, 0) is 0 Å². The highest BCUT2D eigenvalue weighted by molar-refractivity contribution is 5.65. The molecule has 3 aromatic rings. The number of nitrogens with one attached hydrogen (secondary N) is 2. The van der Waals surface area contributed by atoms with Gasteiger partial charge in [-0.2, -0.15) is 0 Å². The molecule has 0 spiro atoms. The third-order valence-corrected chi connectivity index (χ3v) is 4.96. The molecule has 6 heteroatoms. The van der Waals surface area contributed by atoms with E-state index in [0.29, 0.717) is 17.4 Å². The van der Waals surface area contributed by atoms with E-state index in [2.05, 4.69) is 22.5 Å². The molecule has 2 aromatic heterocycles. The van der Waals surface area contributed by atoms with Gasteiger partial charge in [0.2, 0.25) is 0 Å². The number of anilines is 2. The van der Waals surface area contributed by atoms with Crippen molar-refractivity contribution < 1.29 is 4.39 Å². The predicted octanol–water partition coefficient (Wildman–Crippen LogP) is 4.13. The fourth-order valence-corrected chi connectivity index (χ4v) is 3.41. The Balaban J connectivity index is 1.74. The van der Waals surface area contributed by atoms with Crippen LogP contribution < -0.4 is 10.6 Å². The van der Waals surface area contributed by atoms with E-state index in [4.69, 9.17) is 9.97 Å². The van der Waals surface area contributed by atoms with Crippen LogP contribution in [0.1, 0.15) is 25.1 Å². The van der Waals surface area contributed by atoms with E-state index in [1.807, 2.05) is 24.3 Å². The molecule has 0 amide bonds. The monoisotopic (exact) mass is 363 g/mol. The van der Waals surface area contributed by atoms with Gasteiger partial charge >= 0.3 is 0 Å². The van der Waals surface area contributed by atoms with E-state index >= 15 is 0 Å². The summed E-state index contributed by atoms with van der Waals surface area (Å²) in [6.45, 7) is 4.12. The van der Waals surface area contributed by atoms with Gasteiger partial charge in [-0.1, -0.05) is 13.0 Å². The summed E-state index contributed by atoms with van der Waals surface area (Å²) in [6, 6.07) is 12.1. The van der Waals surface area contributed by atoms with Crippen LogP contribution in [0.4, 0.5) is 15.9 Å². The maximum absolute atomic E-state index is 13.5. The second kappa shape index (κ2) is 7.80. The van der Waals surface area contributed by atoms with Crippen molar-refractivity contribution in [3.63, 3.8) is 0 Å². The Hall–Kier alpha value is -2.86. The summed E-state index contributed by atoms with van der Waals surface area (Å²) >= 11 is 0. The molecule has 0 saturated carbocycles. The fourth-order valence-electron chi connectivity index (χ4n) is 3.41. The van der Waals surface area contributed by atoms with Gasteiger partial charge in [-0.3, -0.25) is 4.98 Å². The lowest BCUT2D eigenvalue weighted by Crippen LogP contribution is -2.34. The lowest BCUT2D eigenvalue weighted by atomic mass is 9.87. The summed E-state index contributed by atoms with van der Waals surface area (Å²) in [7, 11) is 0. The first-order valence-corrected chi connectivity index (χ1v) is 9.22. The van der Waals surface area contributed by atoms with Crippen LogP contribution in [-0.4, -0.2) is 28.0 Å². The maximum Gasteiger partial charge on any atom is 0.136 e. The Morgan fingerprint density at radius 3 is 2.85 bits per heavy atom. The van der Waals surface area contributed by atoms with Gasteiger partial charge in [0.25, 0.3) is 0 Å². The molecule has 1 fully saturated rings. The molecular formula is C21H22FN5. The Kier molecular flexibility index (Phi) is 5.07. The van der Waals surface area contributed by atoms with Gasteiger partial charge in [0, 0.05) is 42.2 Å². The molecule has 1 aliphatic heterocycles. The molecule has 2 N–H and O–H groups in total. The molecule has 0 bridgehead atoms. The van der Waals surface area contributed by atoms with Crippen molar-refractivity contribution in [2.24, 2.45) is 5.92 Å². The molecule has 138 valence electrons. The van der Waals surface area contributed by atoms with Gasteiger partial charge in [-0.05, 0) is 49.2 Å². The molecule has 5 nitrogen and oxygen atoms in total. The molecule has 2 unspecified atom stereocenters. The van der Waals surface area contributed by atoms with Gasteiger partial charge < -0.3 is 10.6 Å². The number of hydrogen-bond donors (Lipinski definition) is 2. The standard InChI is InChI=1S/C21H22FN5/c1-14-7-9-24-13-18(14)21-26-19(15-4-3-8-23-12-15)11-20(27-21)25-17-6-2-5-16(22)10-17/h2-6,8,10-12,14,18,24H,7,9,13H2,1H3,(H,25,26,27). The first-order chi connectivity index (χ1) is 13.2. The molecule has 2 atom stereocenters. The lowest BCUT2D eigenvalue weighted by Gasteiger charge is -2.28. The summed E-state index contributed by atoms with van der Waals surface area (Å²) < 4.78 is 13.5. The summed E-state index contributed by atoms with van der Waals surface area (Å²) in [5.74, 6) is 1.91. The Morgan fingerprint density at radius 2 is 2.07 bits per heavy atom. The first-order valence-electron chi connectivity index (χ1n) is 9.22. The van der Waals surface area contributed by atoms with E-state index in [1.165, 1.54) is 12.1 Å². The summed E-state index contributed by atoms with van der Waals surface area (Å²) in [4.78, 5) is 13.8. The van der Waals surface area contributed by atoms with Crippen LogP contribution in [0, 0.1) is 11.7 Å². The topological polar surface area (TPSA) is 62.7 Å². The highest BCUT2D eigenvalue weighted by atomic mass is 19.1. The molecule has 0 aliphatic carbocycles. The largest absolute Gasteiger partial charge is 0.340 e. The van der Waals surface area contributed by atoms with Crippen molar-refractivity contribution in [2.75, 3.05) is 18.4 Å². The zero-order chi connectivity index (χ0) is 18.6. The van der Waals surface area contributed by atoms with E-state index in [1.54, 1.807) is 18.5 Å². The van der Waals surface area contributed by atoms with Gasteiger partial charge in [-0.15, -0.1) is 0 Å². The number of benzene rings is 1. The molecule has 1 saturated heterocycles. The molecule has 1 aliphatic rings. The first kappa shape index (κ1) is 17.5. The molecule has 4 rings (SSSR count). The summed E-state index contributed by atoms with van der Waals surface area (Å²) in [5.41, 5.74) is 2.40. The van der Waals surface area contributed by atoms with E-state index in [-0.39, 0.29) is 11.7 Å². The molecule has 3 heterocycles. The van der Waals surface area contributed by atoms with Crippen LogP contribution in [0.2, 0.25) is 0 Å². The zero-order valence-corrected chi connectivity index (χ0v) is 15.2. The van der Waals surface area contributed by atoms with Crippen molar-refractivity contribution in [1.29, 1.82) is 0 Å². The predicted molar refractivity (Wildman–Crippen MR) is 104 cm³/mol. The Bertz CT molecular complexity index is 915. The summed E-state index contributed by atoms with van der Waals surface area (Å²) in [5, 5.41) is 6.65. The van der Waals surface area contributed by atoms with E-state index in [9.17, 15) is 4.39 Å². The van der Waals surface area contributed by atoms with Crippen LogP contribution in [0.25, 0.3) is 11.3 Å². The van der Waals surface area contributed by atoms with Crippen molar-refractivity contribution >= 4 is 11.5 Å². The van der Waals surface area contributed by atoms with Crippen molar-refractivity contribution in [2.45, 2.75) is 19.3 Å². The van der Waals surface area contributed by atoms with Crippen LogP contribution in [0.5, 0.6) is 0 Å². The van der Waals surface area contributed by atoms with Crippen molar-refractivity contribution in [3.05, 3.63) is 66.5 Å². The third-order valence-electron chi connectivity index (χ3n) is 4.96. The summed E-state index contributed by atoms with van der Waals surface area (Å²) in [6.07, 6.45) is 4.63. The number of aromatic nitrogens is 3. The van der Waals surface area contributed by atoms with E-state index < -0.39 is 0 Å².